The van der Waals surface area contributed by atoms with E-state index in [2.05, 4.69) is 20.9 Å². The lowest BCUT2D eigenvalue weighted by Gasteiger charge is -2.42. The van der Waals surface area contributed by atoms with Crippen molar-refractivity contribution in [2.75, 3.05) is 13.2 Å². The van der Waals surface area contributed by atoms with Crippen LogP contribution in [0.3, 0.4) is 0 Å². The highest BCUT2D eigenvalue weighted by atomic mass is 79.9. The molecule has 1 amide bonds. The van der Waals surface area contributed by atoms with Gasteiger partial charge < -0.3 is 19.5 Å². The average Bonchev–Trinajstić information content (AvgIpc) is 3.10. The molecule has 0 radical (unpaired) electrons. The molecular weight excluding hydrogens is 404 g/mol. The van der Waals surface area contributed by atoms with Crippen LogP contribution in [0.15, 0.2) is 22.8 Å². The van der Waals surface area contributed by atoms with Gasteiger partial charge in [0.05, 0.1) is 11.7 Å². The van der Waals surface area contributed by atoms with Crippen LogP contribution in [-0.2, 0) is 19.9 Å². The number of likely N-dealkylation sites (tertiary alicyclic amines) is 1. The summed E-state index contributed by atoms with van der Waals surface area (Å²) >= 11 is 3.36. The monoisotopic (exact) mass is 426 g/mol. The van der Waals surface area contributed by atoms with E-state index in [1.54, 1.807) is 11.1 Å². The first-order chi connectivity index (χ1) is 12.1. The number of halogens is 1. The Morgan fingerprint density at radius 2 is 2.15 bits per heavy atom. The van der Waals surface area contributed by atoms with Gasteiger partial charge in [-0.3, -0.25) is 4.98 Å². The number of carboxylic acids is 1. The Hall–Kier alpha value is -1.67. The number of hydrogen-bond acceptors (Lipinski definition) is 5. The number of amides is 1. The number of aliphatic carboxylic acids is 1. The number of fused-ring (bicyclic) bond motifs is 2. The van der Waals surface area contributed by atoms with E-state index in [0.717, 1.165) is 10.9 Å². The number of carbonyl (C=O) groups is 2. The second kappa shape index (κ2) is 6.81. The Kier molecular flexibility index (Phi) is 5.00. The quantitative estimate of drug-likeness (QED) is 0.794. The largest absolute Gasteiger partial charge is 0.480 e. The van der Waals surface area contributed by atoms with E-state index < -0.39 is 29.9 Å². The fourth-order valence-electron chi connectivity index (χ4n) is 3.92. The molecule has 1 aromatic heterocycles. The second-order valence-corrected chi connectivity index (χ2v) is 8.80. The maximum Gasteiger partial charge on any atom is 0.410 e. The lowest BCUT2D eigenvalue weighted by atomic mass is 9.88. The van der Waals surface area contributed by atoms with Crippen LogP contribution in [0.25, 0.3) is 0 Å². The van der Waals surface area contributed by atoms with Crippen LogP contribution in [0, 0.1) is 5.92 Å². The lowest BCUT2D eigenvalue weighted by Crippen LogP contribution is -2.54. The molecule has 142 valence electrons. The number of rotatable bonds is 4. The fourth-order valence-corrected chi connectivity index (χ4v) is 4.16. The van der Waals surface area contributed by atoms with Gasteiger partial charge in [-0.15, -0.1) is 0 Å². The average molecular weight is 427 g/mol. The number of aromatic nitrogens is 1. The molecule has 3 atom stereocenters. The summed E-state index contributed by atoms with van der Waals surface area (Å²) in [5.74, 6) is -0.820. The van der Waals surface area contributed by atoms with Crippen LogP contribution in [0.2, 0.25) is 0 Å². The zero-order valence-corrected chi connectivity index (χ0v) is 16.7. The maximum absolute atomic E-state index is 12.7. The topological polar surface area (TPSA) is 89.0 Å². The van der Waals surface area contributed by atoms with Crippen LogP contribution < -0.4 is 0 Å². The zero-order valence-electron chi connectivity index (χ0n) is 15.1. The molecule has 0 spiro atoms. The van der Waals surface area contributed by atoms with E-state index >= 15 is 0 Å². The van der Waals surface area contributed by atoms with Gasteiger partial charge in [-0.2, -0.15) is 0 Å². The molecule has 1 N–H and O–H groups in total. The summed E-state index contributed by atoms with van der Waals surface area (Å²) in [5, 5.41) is 9.12. The van der Waals surface area contributed by atoms with Crippen molar-refractivity contribution in [2.24, 2.45) is 5.92 Å². The Morgan fingerprint density at radius 3 is 2.69 bits per heavy atom. The van der Waals surface area contributed by atoms with Crippen LogP contribution >= 0.6 is 15.9 Å². The molecule has 1 saturated carbocycles. The summed E-state index contributed by atoms with van der Waals surface area (Å²) in [7, 11) is 0. The maximum atomic E-state index is 12.7. The smallest absolute Gasteiger partial charge is 0.410 e. The molecule has 2 bridgehead atoms. The summed E-state index contributed by atoms with van der Waals surface area (Å²) in [6.45, 7) is 5.62. The van der Waals surface area contributed by atoms with Gasteiger partial charge in [0, 0.05) is 17.2 Å². The Labute approximate surface area is 160 Å². The third-order valence-corrected chi connectivity index (χ3v) is 5.23. The van der Waals surface area contributed by atoms with Crippen molar-refractivity contribution in [3.63, 3.8) is 0 Å². The van der Waals surface area contributed by atoms with Gasteiger partial charge in [0.1, 0.15) is 17.8 Å². The van der Waals surface area contributed by atoms with Crippen molar-refractivity contribution >= 4 is 28.0 Å². The number of nitrogens with zero attached hydrogens (tertiary/aromatic N) is 2. The summed E-state index contributed by atoms with van der Waals surface area (Å²) in [4.78, 5) is 29.9. The SMILES string of the molecule is CC(C)(C)OC(=O)N1CC2CC1C(OCC(=O)O)(c1ccc(Br)cn1)C2. The van der Waals surface area contributed by atoms with E-state index in [9.17, 15) is 9.59 Å². The third kappa shape index (κ3) is 3.71. The van der Waals surface area contributed by atoms with E-state index in [1.165, 1.54) is 0 Å². The number of piperidine rings is 1. The van der Waals surface area contributed by atoms with Crippen LogP contribution in [0.1, 0.15) is 39.3 Å². The molecule has 2 fully saturated rings. The minimum absolute atomic E-state index is 0.228. The van der Waals surface area contributed by atoms with Crippen molar-refractivity contribution in [1.29, 1.82) is 0 Å². The molecule has 1 saturated heterocycles. The van der Waals surface area contributed by atoms with Gasteiger partial charge in [-0.25, -0.2) is 9.59 Å². The van der Waals surface area contributed by atoms with E-state index in [-0.39, 0.29) is 12.0 Å². The minimum atomic E-state index is -1.05. The highest BCUT2D eigenvalue weighted by Crippen LogP contribution is 2.52. The van der Waals surface area contributed by atoms with Crippen LogP contribution in [0.5, 0.6) is 0 Å². The standard InChI is InChI=1S/C18H23BrN2O5/c1-17(2,3)26-16(24)21-9-11-6-14(21)18(7-11,25-10-15(22)23)13-5-4-12(19)8-20-13/h4-5,8,11,14H,6-7,9-10H2,1-3H3,(H,22,23). The summed E-state index contributed by atoms with van der Waals surface area (Å²) < 4.78 is 12.3. The molecule has 3 unspecified atom stereocenters. The van der Waals surface area contributed by atoms with Gasteiger partial charge in [0.2, 0.25) is 0 Å². The predicted molar refractivity (Wildman–Crippen MR) is 96.7 cm³/mol. The number of carbonyl (C=O) groups excluding carboxylic acids is 1. The molecule has 1 aromatic rings. The molecule has 2 heterocycles. The van der Waals surface area contributed by atoms with E-state index in [1.807, 2.05) is 32.9 Å². The first-order valence-corrected chi connectivity index (χ1v) is 9.37. The summed E-state index contributed by atoms with van der Waals surface area (Å²) in [5.41, 5.74) is -0.888. The number of hydrogen-bond donors (Lipinski definition) is 1. The second-order valence-electron chi connectivity index (χ2n) is 7.89. The molecule has 1 aliphatic carbocycles. The number of carboxylic acid groups (broad SMARTS) is 1. The number of ether oxygens (including phenoxy) is 2. The van der Waals surface area contributed by atoms with Crippen molar-refractivity contribution in [3.05, 3.63) is 28.5 Å². The van der Waals surface area contributed by atoms with Gasteiger partial charge in [0.25, 0.3) is 0 Å². The van der Waals surface area contributed by atoms with E-state index in [0.29, 0.717) is 18.7 Å². The number of pyridine rings is 1. The van der Waals surface area contributed by atoms with Crippen molar-refractivity contribution < 1.29 is 24.2 Å². The third-order valence-electron chi connectivity index (χ3n) is 4.76. The van der Waals surface area contributed by atoms with Gasteiger partial charge in [-0.1, -0.05) is 0 Å². The first kappa shape index (κ1) is 19.1. The molecular formula is C18H23BrN2O5. The fraction of sp³-hybridized carbons (Fsp3) is 0.611. The summed E-state index contributed by atoms with van der Waals surface area (Å²) in [6, 6.07) is 3.37. The summed E-state index contributed by atoms with van der Waals surface area (Å²) in [6.07, 6.45) is 2.64. The highest BCUT2D eigenvalue weighted by Gasteiger charge is 2.59. The Morgan fingerprint density at radius 1 is 1.42 bits per heavy atom. The molecule has 2 aliphatic rings. The first-order valence-electron chi connectivity index (χ1n) is 8.58. The van der Waals surface area contributed by atoms with Gasteiger partial charge >= 0.3 is 12.1 Å². The molecule has 8 heteroatoms. The van der Waals surface area contributed by atoms with Gasteiger partial charge in [-0.05, 0) is 67.6 Å². The highest BCUT2D eigenvalue weighted by molar-refractivity contribution is 9.10. The Bertz CT molecular complexity index is 703. The molecule has 1 aliphatic heterocycles. The van der Waals surface area contributed by atoms with Crippen molar-refractivity contribution in [1.82, 2.24) is 9.88 Å². The Balaban J connectivity index is 1.93. The van der Waals surface area contributed by atoms with Crippen LogP contribution in [-0.4, -0.2) is 51.8 Å². The normalized spacial score (nSPS) is 27.6. The molecule has 26 heavy (non-hydrogen) atoms. The van der Waals surface area contributed by atoms with Crippen molar-refractivity contribution in [3.8, 4) is 0 Å². The molecule has 7 nitrogen and oxygen atoms in total. The van der Waals surface area contributed by atoms with Crippen molar-refractivity contribution in [2.45, 2.75) is 50.9 Å². The lowest BCUT2D eigenvalue weighted by molar-refractivity contribution is -0.158. The van der Waals surface area contributed by atoms with Crippen LogP contribution in [0.4, 0.5) is 4.79 Å². The molecule has 3 rings (SSSR count). The van der Waals surface area contributed by atoms with E-state index in [4.69, 9.17) is 14.6 Å². The zero-order chi connectivity index (χ0) is 19.1. The molecule has 0 aromatic carbocycles. The van der Waals surface area contributed by atoms with Gasteiger partial charge in [0.15, 0.2) is 0 Å². The predicted octanol–water partition coefficient (Wildman–Crippen LogP) is 3.17. The minimum Gasteiger partial charge on any atom is -0.480 e.